The number of hydrogen-bond acceptors (Lipinski definition) is 6. The molecule has 1 aliphatic heterocycles. The first-order chi connectivity index (χ1) is 20.1. The highest BCUT2D eigenvalue weighted by molar-refractivity contribution is 7.07. The van der Waals surface area contributed by atoms with E-state index in [2.05, 4.69) is 4.99 Å². The molecule has 6 nitrogen and oxygen atoms in total. The van der Waals surface area contributed by atoms with Crippen LogP contribution < -0.4 is 19.6 Å². The Morgan fingerprint density at radius 2 is 1.71 bits per heavy atom. The first-order valence-corrected chi connectivity index (χ1v) is 15.1. The quantitative estimate of drug-likeness (QED) is 0.218. The van der Waals surface area contributed by atoms with Crippen molar-refractivity contribution < 1.29 is 14.3 Å². The molecule has 0 bridgehead atoms. The van der Waals surface area contributed by atoms with E-state index in [0.29, 0.717) is 37.3 Å². The van der Waals surface area contributed by atoms with E-state index in [1.165, 1.54) is 11.3 Å². The van der Waals surface area contributed by atoms with Gasteiger partial charge in [-0.25, -0.2) is 9.79 Å². The van der Waals surface area contributed by atoms with Crippen LogP contribution in [-0.4, -0.2) is 17.1 Å². The van der Waals surface area contributed by atoms with Crippen LogP contribution in [-0.2, 0) is 16.1 Å². The van der Waals surface area contributed by atoms with Crippen molar-refractivity contribution in [2.45, 2.75) is 47.3 Å². The van der Waals surface area contributed by atoms with E-state index in [9.17, 15) is 9.59 Å². The zero-order valence-corrected chi connectivity index (χ0v) is 26.3. The fraction of sp³-hybridized carbons (Fsp3) is 0.242. The number of esters is 1. The normalized spacial score (nSPS) is 14.9. The molecule has 3 aromatic carbocycles. The molecule has 0 unspecified atom stereocenters. The number of carbonyl (C=O) groups excluding carboxylic acids is 1. The molecule has 0 fully saturated rings. The zero-order chi connectivity index (χ0) is 30.1. The van der Waals surface area contributed by atoms with Gasteiger partial charge in [-0.3, -0.25) is 9.36 Å². The van der Waals surface area contributed by atoms with Crippen molar-refractivity contribution in [3.8, 4) is 5.75 Å². The average Bonchev–Trinajstić information content (AvgIpc) is 3.23. The minimum atomic E-state index is -0.637. The molecule has 9 heteroatoms. The van der Waals surface area contributed by atoms with Gasteiger partial charge in [-0.05, 0) is 87.2 Å². The number of halogens is 2. The van der Waals surface area contributed by atoms with E-state index in [-0.39, 0.29) is 12.2 Å². The van der Waals surface area contributed by atoms with Gasteiger partial charge in [-0.2, -0.15) is 0 Å². The maximum absolute atomic E-state index is 13.9. The smallest absolute Gasteiger partial charge is 0.338 e. The van der Waals surface area contributed by atoms with Gasteiger partial charge in [0, 0.05) is 15.6 Å². The van der Waals surface area contributed by atoms with Gasteiger partial charge in [0.1, 0.15) is 12.4 Å². The van der Waals surface area contributed by atoms with Gasteiger partial charge in [0.05, 0.1) is 28.5 Å². The van der Waals surface area contributed by atoms with Crippen LogP contribution >= 0.6 is 34.5 Å². The molecule has 1 aromatic heterocycles. The number of aryl methyl sites for hydroxylation is 3. The summed E-state index contributed by atoms with van der Waals surface area (Å²) in [5.41, 5.74) is 6.15. The Morgan fingerprint density at radius 3 is 2.36 bits per heavy atom. The summed E-state index contributed by atoms with van der Waals surface area (Å²) in [6.45, 7) is 10.0. The number of nitrogens with zero attached hydrogens (tertiary/aromatic N) is 2. The lowest BCUT2D eigenvalue weighted by atomic mass is 9.95. The minimum absolute atomic E-state index is 0.216. The second-order valence-electron chi connectivity index (χ2n) is 10.2. The molecule has 0 saturated heterocycles. The average molecular weight is 622 g/mol. The van der Waals surface area contributed by atoms with E-state index >= 15 is 0 Å². The Morgan fingerprint density at radius 1 is 1.02 bits per heavy atom. The van der Waals surface area contributed by atoms with Crippen molar-refractivity contribution in [3.63, 3.8) is 0 Å². The molecule has 0 aliphatic carbocycles. The summed E-state index contributed by atoms with van der Waals surface area (Å²) in [6.07, 6.45) is 1.86. The number of thiazole rings is 1. The SMILES string of the molecule is CCOC(=O)C1=C(C)N=c2s/c(=C\c3cc(C)c(OCc4ccc(Cl)cc4Cl)c(C)c3)c(=O)n2[C@@H]1c1ccc(C)cc1. The van der Waals surface area contributed by atoms with Crippen LogP contribution in [0.15, 0.2) is 75.7 Å². The van der Waals surface area contributed by atoms with Crippen LogP contribution in [0.1, 0.15) is 53.3 Å². The third-order valence-electron chi connectivity index (χ3n) is 7.08. The van der Waals surface area contributed by atoms with Crippen LogP contribution in [0.25, 0.3) is 6.08 Å². The molecule has 0 spiro atoms. The number of ether oxygens (including phenoxy) is 2. The lowest BCUT2D eigenvalue weighted by Gasteiger charge is -2.24. The lowest BCUT2D eigenvalue weighted by Crippen LogP contribution is -2.39. The highest BCUT2D eigenvalue weighted by Crippen LogP contribution is 2.31. The van der Waals surface area contributed by atoms with Crippen molar-refractivity contribution in [2.24, 2.45) is 4.99 Å². The maximum Gasteiger partial charge on any atom is 0.338 e. The fourth-order valence-corrected chi connectivity index (χ4v) is 6.60. The molecule has 5 rings (SSSR count). The van der Waals surface area contributed by atoms with E-state index < -0.39 is 12.0 Å². The molecule has 1 atom stereocenters. The summed E-state index contributed by atoms with van der Waals surface area (Å²) in [5.74, 6) is 0.286. The first-order valence-electron chi connectivity index (χ1n) is 13.5. The molecule has 4 aromatic rings. The van der Waals surface area contributed by atoms with E-state index in [1.54, 1.807) is 30.5 Å². The summed E-state index contributed by atoms with van der Waals surface area (Å²) in [5, 5.41) is 1.12. The molecule has 42 heavy (non-hydrogen) atoms. The zero-order valence-electron chi connectivity index (χ0n) is 24.0. The topological polar surface area (TPSA) is 69.9 Å². The van der Waals surface area contributed by atoms with Crippen LogP contribution in [0.3, 0.4) is 0 Å². The summed E-state index contributed by atoms with van der Waals surface area (Å²) in [7, 11) is 0. The Kier molecular flexibility index (Phi) is 8.73. The monoisotopic (exact) mass is 620 g/mol. The van der Waals surface area contributed by atoms with Crippen molar-refractivity contribution in [1.29, 1.82) is 0 Å². The van der Waals surface area contributed by atoms with Crippen molar-refractivity contribution in [2.75, 3.05) is 6.61 Å². The van der Waals surface area contributed by atoms with Gasteiger partial charge in [-0.1, -0.05) is 70.4 Å². The maximum atomic E-state index is 13.9. The molecule has 0 N–H and O–H groups in total. The number of rotatable bonds is 7. The van der Waals surface area contributed by atoms with Gasteiger partial charge in [0.15, 0.2) is 4.80 Å². The van der Waals surface area contributed by atoms with Crippen molar-refractivity contribution in [3.05, 3.63) is 129 Å². The number of aromatic nitrogens is 1. The Labute approximate surface area is 258 Å². The number of allylic oxidation sites excluding steroid dienone is 1. The minimum Gasteiger partial charge on any atom is -0.488 e. The predicted octanol–water partition coefficient (Wildman–Crippen LogP) is 6.61. The van der Waals surface area contributed by atoms with Gasteiger partial charge in [-0.15, -0.1) is 0 Å². The fourth-order valence-electron chi connectivity index (χ4n) is 5.09. The summed E-state index contributed by atoms with van der Waals surface area (Å²) in [4.78, 5) is 32.2. The van der Waals surface area contributed by atoms with Crippen LogP contribution in [0, 0.1) is 20.8 Å². The largest absolute Gasteiger partial charge is 0.488 e. The molecule has 0 saturated carbocycles. The predicted molar refractivity (Wildman–Crippen MR) is 168 cm³/mol. The van der Waals surface area contributed by atoms with Crippen LogP contribution in [0.5, 0.6) is 5.75 Å². The number of benzene rings is 3. The van der Waals surface area contributed by atoms with Crippen LogP contribution in [0.4, 0.5) is 0 Å². The molecule has 2 heterocycles. The van der Waals surface area contributed by atoms with Gasteiger partial charge in [0.25, 0.3) is 5.56 Å². The van der Waals surface area contributed by atoms with Gasteiger partial charge in [0.2, 0.25) is 0 Å². The van der Waals surface area contributed by atoms with Crippen molar-refractivity contribution in [1.82, 2.24) is 4.57 Å². The molecule has 0 amide bonds. The van der Waals surface area contributed by atoms with E-state index in [4.69, 9.17) is 32.7 Å². The first kappa shape index (κ1) is 29.8. The summed E-state index contributed by atoms with van der Waals surface area (Å²) in [6, 6.07) is 16.5. The standard InChI is InChI=1S/C33H30Cl2N2O4S/c1-6-40-32(39)28-21(5)36-33-37(29(28)23-9-7-18(2)8-10-23)31(38)27(42-33)15-22-13-19(3)30(20(4)14-22)41-17-24-11-12-25(34)16-26(24)35/h7-16,29H,6,17H2,1-5H3/b27-15-/t29-/m1/s1. The molecule has 0 radical (unpaired) electrons. The highest BCUT2D eigenvalue weighted by Gasteiger charge is 2.33. The highest BCUT2D eigenvalue weighted by atomic mass is 35.5. The van der Waals surface area contributed by atoms with Crippen molar-refractivity contribution >= 4 is 46.6 Å². The number of fused-ring (bicyclic) bond motifs is 1. The third-order valence-corrected chi connectivity index (χ3v) is 8.65. The second-order valence-corrected chi connectivity index (χ2v) is 12.1. The third kappa shape index (κ3) is 5.95. The molecule has 1 aliphatic rings. The summed E-state index contributed by atoms with van der Waals surface area (Å²) >= 11 is 13.6. The lowest BCUT2D eigenvalue weighted by molar-refractivity contribution is -0.139. The second kappa shape index (κ2) is 12.3. The number of hydrogen-bond donors (Lipinski definition) is 0. The van der Waals surface area contributed by atoms with E-state index in [1.807, 2.05) is 69.3 Å². The molecular weight excluding hydrogens is 591 g/mol. The van der Waals surface area contributed by atoms with Gasteiger partial charge >= 0.3 is 5.97 Å². The van der Waals surface area contributed by atoms with E-state index in [0.717, 1.165) is 39.1 Å². The Balaban J connectivity index is 1.54. The molecule has 216 valence electrons. The Hall–Kier alpha value is -3.65. The Bertz CT molecular complexity index is 1880. The summed E-state index contributed by atoms with van der Waals surface area (Å²) < 4.78 is 13.6. The number of carbonyl (C=O) groups is 1. The van der Waals surface area contributed by atoms with Crippen LogP contribution in [0.2, 0.25) is 10.0 Å². The molecular formula is C33H30Cl2N2O4S. The van der Waals surface area contributed by atoms with Gasteiger partial charge < -0.3 is 9.47 Å².